The molecule has 0 saturated heterocycles. The lowest BCUT2D eigenvalue weighted by Gasteiger charge is -2.09. The molecule has 0 amide bonds. The summed E-state index contributed by atoms with van der Waals surface area (Å²) in [6, 6.07) is 5.22. The quantitative estimate of drug-likeness (QED) is 0.781. The van der Waals surface area contributed by atoms with Crippen LogP contribution >= 0.6 is 0 Å². The van der Waals surface area contributed by atoms with Gasteiger partial charge < -0.3 is 5.11 Å². The molecule has 0 aliphatic carbocycles. The zero-order chi connectivity index (χ0) is 10.6. The van der Waals surface area contributed by atoms with Crippen molar-refractivity contribution in [1.29, 1.82) is 0 Å². The molecule has 4 heteroatoms. The molecule has 0 heterocycles. The molecule has 0 saturated carbocycles. The van der Waals surface area contributed by atoms with Crippen molar-refractivity contribution in [3.05, 3.63) is 41.5 Å². The van der Waals surface area contributed by atoms with E-state index in [9.17, 15) is 13.2 Å². The minimum atomic E-state index is -4.35. The molecule has 0 aromatic heterocycles. The molecule has 1 nitrogen and oxygen atoms in total. The maximum absolute atomic E-state index is 12.4. The van der Waals surface area contributed by atoms with Crippen LogP contribution in [0.5, 0.6) is 0 Å². The van der Waals surface area contributed by atoms with Crippen LogP contribution in [-0.2, 0) is 6.18 Å². The molecular formula is C10H9F3O. The van der Waals surface area contributed by atoms with Crippen LogP contribution in [0.1, 0.15) is 11.1 Å². The average Bonchev–Trinajstić information content (AvgIpc) is 2.14. The summed E-state index contributed by atoms with van der Waals surface area (Å²) >= 11 is 0. The Bertz CT molecular complexity index is 328. The van der Waals surface area contributed by atoms with Crippen LogP contribution in [0.3, 0.4) is 0 Å². The maximum Gasteiger partial charge on any atom is 0.416 e. The summed E-state index contributed by atoms with van der Waals surface area (Å²) in [7, 11) is 0. The topological polar surface area (TPSA) is 20.2 Å². The molecule has 0 bridgehead atoms. The van der Waals surface area contributed by atoms with Crippen LogP contribution in [0.15, 0.2) is 30.3 Å². The lowest BCUT2D eigenvalue weighted by Crippen LogP contribution is -2.06. The number of alkyl halides is 3. The van der Waals surface area contributed by atoms with Crippen molar-refractivity contribution in [2.24, 2.45) is 0 Å². The van der Waals surface area contributed by atoms with Crippen molar-refractivity contribution in [1.82, 2.24) is 0 Å². The van der Waals surface area contributed by atoms with E-state index in [1.807, 2.05) is 0 Å². The zero-order valence-electron chi connectivity index (χ0n) is 7.25. The first-order valence-electron chi connectivity index (χ1n) is 3.99. The first-order chi connectivity index (χ1) is 6.55. The monoisotopic (exact) mass is 202 g/mol. The van der Waals surface area contributed by atoms with E-state index in [1.54, 1.807) is 0 Å². The normalized spacial score (nSPS) is 12.3. The van der Waals surface area contributed by atoms with Crippen molar-refractivity contribution < 1.29 is 18.3 Å². The molecule has 1 aromatic carbocycles. The molecule has 0 fully saturated rings. The Balaban J connectivity index is 3.10. The molecule has 14 heavy (non-hydrogen) atoms. The highest BCUT2D eigenvalue weighted by atomic mass is 19.4. The maximum atomic E-state index is 12.4. The molecule has 1 N–H and O–H groups in total. The molecule has 0 aliphatic heterocycles. The first kappa shape index (κ1) is 10.8. The highest BCUT2D eigenvalue weighted by Crippen LogP contribution is 2.32. The van der Waals surface area contributed by atoms with Crippen LogP contribution in [-0.4, -0.2) is 11.7 Å². The highest BCUT2D eigenvalue weighted by Gasteiger charge is 2.32. The SMILES string of the molecule is OCC=Cc1ccccc1C(F)(F)F. The Morgan fingerprint density at radius 3 is 2.43 bits per heavy atom. The lowest BCUT2D eigenvalue weighted by atomic mass is 10.1. The van der Waals surface area contributed by atoms with E-state index in [4.69, 9.17) is 5.11 Å². The highest BCUT2D eigenvalue weighted by molar-refractivity contribution is 5.54. The van der Waals surface area contributed by atoms with Gasteiger partial charge in [0.05, 0.1) is 12.2 Å². The molecule has 0 unspecified atom stereocenters. The number of rotatable bonds is 2. The Morgan fingerprint density at radius 1 is 1.21 bits per heavy atom. The van der Waals surface area contributed by atoms with Crippen molar-refractivity contribution in [3.63, 3.8) is 0 Å². The second-order valence-electron chi connectivity index (χ2n) is 2.67. The molecule has 0 atom stereocenters. The summed E-state index contributed by atoms with van der Waals surface area (Å²) < 4.78 is 37.1. The van der Waals surface area contributed by atoms with Crippen LogP contribution < -0.4 is 0 Å². The molecule has 1 rings (SSSR count). The van der Waals surface area contributed by atoms with Gasteiger partial charge in [-0.15, -0.1) is 0 Å². The van der Waals surface area contributed by atoms with E-state index in [0.717, 1.165) is 6.07 Å². The van der Waals surface area contributed by atoms with Gasteiger partial charge in [0.2, 0.25) is 0 Å². The van der Waals surface area contributed by atoms with Gasteiger partial charge in [-0.3, -0.25) is 0 Å². The Labute approximate surface area is 79.5 Å². The van der Waals surface area contributed by atoms with Crippen LogP contribution in [0.4, 0.5) is 13.2 Å². The minimum absolute atomic E-state index is 0.0639. The summed E-state index contributed by atoms with van der Waals surface area (Å²) in [5.41, 5.74) is -0.626. The fourth-order valence-corrected chi connectivity index (χ4v) is 1.08. The summed E-state index contributed by atoms with van der Waals surface area (Å²) in [4.78, 5) is 0. The molecular weight excluding hydrogens is 193 g/mol. The second-order valence-corrected chi connectivity index (χ2v) is 2.67. The summed E-state index contributed by atoms with van der Waals surface area (Å²) in [6.45, 7) is -0.272. The second kappa shape index (κ2) is 4.28. The van der Waals surface area contributed by atoms with Crippen molar-refractivity contribution in [3.8, 4) is 0 Å². The number of benzene rings is 1. The van der Waals surface area contributed by atoms with Gasteiger partial charge in [-0.25, -0.2) is 0 Å². The third-order valence-corrected chi connectivity index (χ3v) is 1.67. The van der Waals surface area contributed by atoms with Gasteiger partial charge in [0, 0.05) is 0 Å². The lowest BCUT2D eigenvalue weighted by molar-refractivity contribution is -0.137. The molecule has 0 aliphatic rings. The van der Waals surface area contributed by atoms with E-state index in [-0.39, 0.29) is 12.2 Å². The number of aliphatic hydroxyl groups is 1. The van der Waals surface area contributed by atoms with Crippen LogP contribution in [0.25, 0.3) is 6.08 Å². The van der Waals surface area contributed by atoms with Gasteiger partial charge >= 0.3 is 6.18 Å². The van der Waals surface area contributed by atoms with Gasteiger partial charge in [0.15, 0.2) is 0 Å². The van der Waals surface area contributed by atoms with Crippen LogP contribution in [0, 0.1) is 0 Å². The van der Waals surface area contributed by atoms with Gasteiger partial charge in [0.1, 0.15) is 0 Å². The van der Waals surface area contributed by atoms with E-state index in [2.05, 4.69) is 0 Å². The Kier molecular flexibility index (Phi) is 3.30. The standard InChI is InChI=1S/C10H9F3O/c11-10(12,13)9-6-2-1-4-8(9)5-3-7-14/h1-6,14H,7H2. The fourth-order valence-electron chi connectivity index (χ4n) is 1.08. The number of hydrogen-bond acceptors (Lipinski definition) is 1. The predicted octanol–water partition coefficient (Wildman–Crippen LogP) is 2.71. The fraction of sp³-hybridized carbons (Fsp3) is 0.200. The molecule has 0 radical (unpaired) electrons. The van der Waals surface area contributed by atoms with Crippen LogP contribution in [0.2, 0.25) is 0 Å². The van der Waals surface area contributed by atoms with Gasteiger partial charge in [-0.05, 0) is 11.6 Å². The van der Waals surface area contributed by atoms with E-state index < -0.39 is 11.7 Å². The molecule has 1 aromatic rings. The molecule has 0 spiro atoms. The van der Waals surface area contributed by atoms with Crippen molar-refractivity contribution in [2.75, 3.05) is 6.61 Å². The minimum Gasteiger partial charge on any atom is -0.392 e. The smallest absolute Gasteiger partial charge is 0.392 e. The number of hydrogen-bond donors (Lipinski definition) is 1. The van der Waals surface area contributed by atoms with Crippen molar-refractivity contribution in [2.45, 2.75) is 6.18 Å². The van der Waals surface area contributed by atoms with E-state index in [1.165, 1.54) is 30.4 Å². The summed E-state index contributed by atoms with van der Waals surface area (Å²) in [5, 5.41) is 8.45. The summed E-state index contributed by atoms with van der Waals surface area (Å²) in [6.07, 6.45) is -1.83. The summed E-state index contributed by atoms with van der Waals surface area (Å²) in [5.74, 6) is 0. The average molecular weight is 202 g/mol. The van der Waals surface area contributed by atoms with Gasteiger partial charge in [-0.2, -0.15) is 13.2 Å². The van der Waals surface area contributed by atoms with Gasteiger partial charge in [0.25, 0.3) is 0 Å². The number of aliphatic hydroxyl groups excluding tert-OH is 1. The third-order valence-electron chi connectivity index (χ3n) is 1.67. The largest absolute Gasteiger partial charge is 0.416 e. The first-order valence-corrected chi connectivity index (χ1v) is 3.99. The predicted molar refractivity (Wildman–Crippen MR) is 47.6 cm³/mol. The van der Waals surface area contributed by atoms with Gasteiger partial charge in [-0.1, -0.05) is 30.4 Å². The zero-order valence-corrected chi connectivity index (χ0v) is 7.25. The third kappa shape index (κ3) is 2.60. The van der Waals surface area contributed by atoms with Crippen molar-refractivity contribution >= 4 is 6.08 Å². The van der Waals surface area contributed by atoms with E-state index in [0.29, 0.717) is 0 Å². The van der Waals surface area contributed by atoms with E-state index >= 15 is 0 Å². The Morgan fingerprint density at radius 2 is 1.86 bits per heavy atom. The molecule has 76 valence electrons. The number of halogens is 3. The Hall–Kier alpha value is -1.29.